The van der Waals surface area contributed by atoms with Crippen molar-refractivity contribution in [3.05, 3.63) is 18.5 Å². The van der Waals surface area contributed by atoms with E-state index in [1.807, 2.05) is 13.8 Å². The summed E-state index contributed by atoms with van der Waals surface area (Å²) in [6.45, 7) is 6.59. The van der Waals surface area contributed by atoms with Crippen LogP contribution in [0.25, 0.3) is 11.3 Å². The van der Waals surface area contributed by atoms with Crippen LogP contribution in [-0.2, 0) is 9.53 Å². The van der Waals surface area contributed by atoms with Crippen LogP contribution in [0.5, 0.6) is 5.88 Å². The van der Waals surface area contributed by atoms with E-state index in [1.165, 1.54) is 0 Å². The Balaban J connectivity index is 1.45. The van der Waals surface area contributed by atoms with Gasteiger partial charge in [0.1, 0.15) is 12.2 Å². The lowest BCUT2D eigenvalue weighted by Gasteiger charge is -2.41. The second kappa shape index (κ2) is 10.5. The van der Waals surface area contributed by atoms with Crippen molar-refractivity contribution in [1.82, 2.24) is 24.8 Å². The number of hydrogen-bond donors (Lipinski definition) is 2. The SMILES string of the molecule is CC(C)C[C@@H](O)C(=O)N(C)C1CC(Oc2cc(-c3cnc(N)nc3)nc(N3CCOCC3)n2)C1. The van der Waals surface area contributed by atoms with Crippen molar-refractivity contribution in [3.8, 4) is 17.1 Å². The zero-order valence-corrected chi connectivity index (χ0v) is 19.9. The summed E-state index contributed by atoms with van der Waals surface area (Å²) in [5, 5.41) is 10.2. The Hall–Kier alpha value is -3.05. The van der Waals surface area contributed by atoms with E-state index in [2.05, 4.69) is 19.9 Å². The number of aliphatic hydroxyl groups is 1. The van der Waals surface area contributed by atoms with Gasteiger partial charge in [0, 0.05) is 63.0 Å². The van der Waals surface area contributed by atoms with Crippen molar-refractivity contribution >= 4 is 17.8 Å². The standard InChI is InChI=1S/C23H33N7O4/c1-14(2)8-19(31)21(32)29(3)16-9-17(10-16)34-20-11-18(15-12-25-22(24)26-13-15)27-23(28-20)30-4-6-33-7-5-30/h11-14,16-17,19,31H,4-10H2,1-3H3,(H2,24,25,26)/t16?,17?,19-/m1/s1. The Kier molecular flexibility index (Phi) is 7.42. The number of nitrogen functional groups attached to an aromatic ring is 1. The van der Waals surface area contributed by atoms with Crippen LogP contribution in [-0.4, -0.2) is 87.5 Å². The van der Waals surface area contributed by atoms with Gasteiger partial charge in [-0.3, -0.25) is 4.79 Å². The zero-order chi connectivity index (χ0) is 24.2. The Labute approximate surface area is 199 Å². The van der Waals surface area contributed by atoms with E-state index in [1.54, 1.807) is 30.4 Å². The highest BCUT2D eigenvalue weighted by Crippen LogP contribution is 2.31. The molecule has 1 aliphatic carbocycles. The molecule has 4 rings (SSSR count). The summed E-state index contributed by atoms with van der Waals surface area (Å²) < 4.78 is 11.6. The third kappa shape index (κ3) is 5.71. The van der Waals surface area contributed by atoms with Gasteiger partial charge in [-0.25, -0.2) is 15.0 Å². The molecule has 2 aromatic rings. The summed E-state index contributed by atoms with van der Waals surface area (Å²) in [4.78, 5) is 33.7. The molecule has 34 heavy (non-hydrogen) atoms. The molecule has 1 amide bonds. The van der Waals surface area contributed by atoms with Crippen molar-refractivity contribution in [2.24, 2.45) is 5.92 Å². The number of amides is 1. The number of carbonyl (C=O) groups excluding carboxylic acids is 1. The summed E-state index contributed by atoms with van der Waals surface area (Å²) in [6.07, 6.45) is 4.01. The van der Waals surface area contributed by atoms with Gasteiger partial charge in [0.05, 0.1) is 18.9 Å². The molecule has 1 saturated heterocycles. The number of anilines is 2. The van der Waals surface area contributed by atoms with Crippen molar-refractivity contribution in [2.75, 3.05) is 44.0 Å². The average Bonchev–Trinajstić information content (AvgIpc) is 2.80. The fraction of sp³-hybridized carbons (Fsp3) is 0.609. The molecule has 0 aromatic carbocycles. The van der Waals surface area contributed by atoms with Gasteiger partial charge in [0.25, 0.3) is 5.91 Å². The van der Waals surface area contributed by atoms with Gasteiger partial charge in [-0.15, -0.1) is 0 Å². The first-order chi connectivity index (χ1) is 16.3. The van der Waals surface area contributed by atoms with Crippen LogP contribution in [0.15, 0.2) is 18.5 Å². The maximum atomic E-state index is 12.5. The predicted molar refractivity (Wildman–Crippen MR) is 126 cm³/mol. The smallest absolute Gasteiger partial charge is 0.251 e. The van der Waals surface area contributed by atoms with Crippen LogP contribution in [0.1, 0.15) is 33.1 Å². The van der Waals surface area contributed by atoms with Crippen molar-refractivity contribution in [1.29, 1.82) is 0 Å². The third-order valence-electron chi connectivity index (χ3n) is 6.18. The van der Waals surface area contributed by atoms with Gasteiger partial charge in [-0.05, 0) is 12.3 Å². The number of likely N-dealkylation sites (N-methyl/N-ethyl adjacent to an activating group) is 1. The largest absolute Gasteiger partial charge is 0.474 e. The molecule has 0 radical (unpaired) electrons. The molecule has 1 atom stereocenters. The van der Waals surface area contributed by atoms with E-state index >= 15 is 0 Å². The number of ether oxygens (including phenoxy) is 2. The minimum atomic E-state index is -0.965. The van der Waals surface area contributed by atoms with Crippen LogP contribution in [0.2, 0.25) is 0 Å². The second-order valence-electron chi connectivity index (χ2n) is 9.28. The number of nitrogens with two attached hydrogens (primary N) is 1. The highest BCUT2D eigenvalue weighted by Gasteiger charge is 2.37. The summed E-state index contributed by atoms with van der Waals surface area (Å²) in [6, 6.07) is 1.80. The first kappa shape index (κ1) is 24.1. The number of rotatable bonds is 8. The minimum Gasteiger partial charge on any atom is -0.474 e. The Bertz CT molecular complexity index is 976. The quantitative estimate of drug-likeness (QED) is 0.576. The maximum absolute atomic E-state index is 12.5. The normalized spacial score (nSPS) is 21.1. The third-order valence-corrected chi connectivity index (χ3v) is 6.18. The van der Waals surface area contributed by atoms with Gasteiger partial charge < -0.3 is 30.1 Å². The average molecular weight is 472 g/mol. The molecule has 2 aromatic heterocycles. The fourth-order valence-corrected chi connectivity index (χ4v) is 4.08. The molecule has 2 aliphatic rings. The molecule has 0 spiro atoms. The molecule has 1 aliphatic heterocycles. The molecule has 11 nitrogen and oxygen atoms in total. The Morgan fingerprint density at radius 2 is 1.94 bits per heavy atom. The lowest BCUT2D eigenvalue weighted by atomic mass is 9.87. The topological polar surface area (TPSA) is 140 Å². The Morgan fingerprint density at radius 1 is 1.26 bits per heavy atom. The molecule has 184 valence electrons. The molecule has 3 N–H and O–H groups in total. The van der Waals surface area contributed by atoms with E-state index in [0.29, 0.717) is 68.7 Å². The number of nitrogens with zero attached hydrogens (tertiary/aromatic N) is 6. The van der Waals surface area contributed by atoms with Gasteiger partial charge in [0.2, 0.25) is 17.8 Å². The molecule has 0 bridgehead atoms. The van der Waals surface area contributed by atoms with Crippen LogP contribution in [0, 0.1) is 5.92 Å². The van der Waals surface area contributed by atoms with E-state index in [0.717, 1.165) is 0 Å². The number of carbonyl (C=O) groups is 1. The van der Waals surface area contributed by atoms with Crippen LogP contribution >= 0.6 is 0 Å². The highest BCUT2D eigenvalue weighted by molar-refractivity contribution is 5.80. The maximum Gasteiger partial charge on any atom is 0.251 e. The molecule has 3 heterocycles. The summed E-state index contributed by atoms with van der Waals surface area (Å²) in [5.74, 6) is 1.23. The van der Waals surface area contributed by atoms with Gasteiger partial charge in [-0.2, -0.15) is 4.98 Å². The van der Waals surface area contributed by atoms with Crippen molar-refractivity contribution in [2.45, 2.75) is 51.4 Å². The van der Waals surface area contributed by atoms with Crippen LogP contribution in [0.3, 0.4) is 0 Å². The van der Waals surface area contributed by atoms with Gasteiger partial charge in [0.15, 0.2) is 0 Å². The van der Waals surface area contributed by atoms with Crippen LogP contribution in [0.4, 0.5) is 11.9 Å². The summed E-state index contributed by atoms with van der Waals surface area (Å²) >= 11 is 0. The molecule has 11 heteroatoms. The van der Waals surface area contributed by atoms with E-state index in [-0.39, 0.29) is 29.9 Å². The first-order valence-electron chi connectivity index (χ1n) is 11.7. The highest BCUT2D eigenvalue weighted by atomic mass is 16.5. The lowest BCUT2D eigenvalue weighted by molar-refractivity contribution is -0.145. The number of aliphatic hydroxyl groups excluding tert-OH is 1. The van der Waals surface area contributed by atoms with Crippen molar-refractivity contribution in [3.63, 3.8) is 0 Å². The van der Waals surface area contributed by atoms with E-state index in [4.69, 9.17) is 20.2 Å². The zero-order valence-electron chi connectivity index (χ0n) is 19.9. The lowest BCUT2D eigenvalue weighted by Crippen LogP contribution is -2.52. The summed E-state index contributed by atoms with van der Waals surface area (Å²) in [5.41, 5.74) is 6.99. The fourth-order valence-electron chi connectivity index (χ4n) is 4.08. The summed E-state index contributed by atoms with van der Waals surface area (Å²) in [7, 11) is 1.74. The first-order valence-corrected chi connectivity index (χ1v) is 11.7. The Morgan fingerprint density at radius 3 is 2.59 bits per heavy atom. The van der Waals surface area contributed by atoms with Gasteiger partial charge >= 0.3 is 0 Å². The second-order valence-corrected chi connectivity index (χ2v) is 9.28. The number of aromatic nitrogens is 4. The monoisotopic (exact) mass is 471 g/mol. The van der Waals surface area contributed by atoms with Crippen LogP contribution < -0.4 is 15.4 Å². The van der Waals surface area contributed by atoms with E-state index < -0.39 is 6.10 Å². The molecule has 0 unspecified atom stereocenters. The minimum absolute atomic E-state index is 0.0323. The number of hydrogen-bond acceptors (Lipinski definition) is 10. The predicted octanol–water partition coefficient (Wildman–Crippen LogP) is 1.13. The van der Waals surface area contributed by atoms with Gasteiger partial charge in [-0.1, -0.05) is 13.8 Å². The molecule has 2 fully saturated rings. The molecular formula is C23H33N7O4. The van der Waals surface area contributed by atoms with E-state index in [9.17, 15) is 9.90 Å². The molecule has 1 saturated carbocycles. The van der Waals surface area contributed by atoms with Crippen molar-refractivity contribution < 1.29 is 19.4 Å². The molecular weight excluding hydrogens is 438 g/mol. The number of morpholine rings is 1.